The summed E-state index contributed by atoms with van der Waals surface area (Å²) < 4.78 is 40.2. The Bertz CT molecular complexity index is 646. The van der Waals surface area contributed by atoms with E-state index < -0.39 is 27.3 Å². The van der Waals surface area contributed by atoms with Gasteiger partial charge in [-0.3, -0.25) is 4.79 Å². The molecule has 5 nitrogen and oxygen atoms in total. The summed E-state index contributed by atoms with van der Waals surface area (Å²) in [5.74, 6) is -2.19. The normalized spacial score (nSPS) is 26.5. The fourth-order valence-corrected chi connectivity index (χ4v) is 4.31. The number of hydrogen-bond acceptors (Lipinski definition) is 3. The van der Waals surface area contributed by atoms with E-state index in [1.54, 1.807) is 6.92 Å². The molecule has 7 heteroatoms. The van der Waals surface area contributed by atoms with E-state index >= 15 is 0 Å². The highest BCUT2D eigenvalue weighted by molar-refractivity contribution is 7.89. The lowest BCUT2D eigenvalue weighted by atomic mass is 9.74. The van der Waals surface area contributed by atoms with Crippen molar-refractivity contribution < 1.29 is 22.7 Å². The summed E-state index contributed by atoms with van der Waals surface area (Å²) in [7, 11) is -4.09. The zero-order valence-corrected chi connectivity index (χ0v) is 12.5. The van der Waals surface area contributed by atoms with Crippen LogP contribution in [0.3, 0.4) is 0 Å². The summed E-state index contributed by atoms with van der Waals surface area (Å²) in [6, 6.07) is 4.54. The van der Waals surface area contributed by atoms with E-state index in [1.807, 2.05) is 0 Å². The smallest absolute Gasteiger partial charge is 0.325 e. The number of halogens is 1. The Morgan fingerprint density at radius 1 is 1.43 bits per heavy atom. The topological polar surface area (TPSA) is 83.5 Å². The molecule has 2 unspecified atom stereocenters. The Morgan fingerprint density at radius 3 is 2.71 bits per heavy atom. The molecule has 2 atom stereocenters. The molecular weight excluding hydrogens is 297 g/mol. The van der Waals surface area contributed by atoms with E-state index in [2.05, 4.69) is 4.72 Å². The molecule has 0 amide bonds. The Hall–Kier alpha value is -1.47. The van der Waals surface area contributed by atoms with Crippen molar-refractivity contribution in [3.63, 3.8) is 0 Å². The van der Waals surface area contributed by atoms with Crippen LogP contribution in [0.25, 0.3) is 0 Å². The van der Waals surface area contributed by atoms with Crippen molar-refractivity contribution in [1.29, 1.82) is 0 Å². The summed E-state index contributed by atoms with van der Waals surface area (Å²) in [5, 5.41) is 9.52. The molecule has 2 rings (SSSR count). The van der Waals surface area contributed by atoms with Crippen molar-refractivity contribution in [2.75, 3.05) is 0 Å². The molecule has 1 aromatic rings. The average Bonchev–Trinajstić information content (AvgIpc) is 2.41. The first-order chi connectivity index (χ1) is 9.78. The van der Waals surface area contributed by atoms with E-state index in [4.69, 9.17) is 0 Å². The van der Waals surface area contributed by atoms with Crippen LogP contribution in [0.1, 0.15) is 32.6 Å². The van der Waals surface area contributed by atoms with Gasteiger partial charge in [-0.25, -0.2) is 12.8 Å². The highest BCUT2D eigenvalue weighted by Crippen LogP contribution is 2.35. The van der Waals surface area contributed by atoms with Crippen LogP contribution >= 0.6 is 0 Å². The molecule has 0 radical (unpaired) electrons. The first-order valence-corrected chi connectivity index (χ1v) is 8.29. The number of nitrogens with one attached hydrogen (secondary N) is 1. The Morgan fingerprint density at radius 2 is 2.14 bits per heavy atom. The molecule has 1 aromatic carbocycles. The minimum Gasteiger partial charge on any atom is -0.480 e. The molecule has 0 spiro atoms. The molecule has 1 saturated carbocycles. The van der Waals surface area contributed by atoms with Gasteiger partial charge in [-0.1, -0.05) is 25.8 Å². The minimum absolute atomic E-state index is 0.234. The van der Waals surface area contributed by atoms with Gasteiger partial charge in [0.25, 0.3) is 0 Å². The molecule has 1 aliphatic carbocycles. The van der Waals surface area contributed by atoms with Gasteiger partial charge >= 0.3 is 5.97 Å². The van der Waals surface area contributed by atoms with Crippen LogP contribution in [0.5, 0.6) is 0 Å². The molecule has 0 saturated heterocycles. The second kappa shape index (κ2) is 5.73. The lowest BCUT2D eigenvalue weighted by Gasteiger charge is -2.39. The maximum Gasteiger partial charge on any atom is 0.325 e. The number of benzene rings is 1. The third-order valence-electron chi connectivity index (χ3n) is 4.10. The molecule has 116 valence electrons. The number of aliphatic carboxylic acids is 1. The average molecular weight is 315 g/mol. The molecule has 0 heterocycles. The maximum absolute atomic E-state index is 13.2. The van der Waals surface area contributed by atoms with Crippen LogP contribution in [0.4, 0.5) is 4.39 Å². The first-order valence-electron chi connectivity index (χ1n) is 6.81. The van der Waals surface area contributed by atoms with Crippen LogP contribution in [-0.2, 0) is 14.8 Å². The minimum atomic E-state index is -4.09. The van der Waals surface area contributed by atoms with Crippen LogP contribution in [0.2, 0.25) is 0 Å². The van der Waals surface area contributed by atoms with Crippen molar-refractivity contribution >= 4 is 16.0 Å². The van der Waals surface area contributed by atoms with Crippen molar-refractivity contribution in [2.45, 2.75) is 43.0 Å². The van der Waals surface area contributed by atoms with Gasteiger partial charge < -0.3 is 5.11 Å². The van der Waals surface area contributed by atoms with Crippen LogP contribution in [0.15, 0.2) is 29.2 Å². The van der Waals surface area contributed by atoms with Gasteiger partial charge in [-0.2, -0.15) is 4.72 Å². The summed E-state index contributed by atoms with van der Waals surface area (Å²) in [6.07, 6.45) is 2.39. The predicted octanol–water partition coefficient (Wildman–Crippen LogP) is 2.14. The monoisotopic (exact) mass is 315 g/mol. The SMILES string of the molecule is CC1CCCCC1(NS(=O)(=O)c1cccc(F)c1)C(=O)O. The standard InChI is InChI=1S/C14H18FNO4S/c1-10-5-2-3-8-14(10,13(17)18)16-21(19,20)12-7-4-6-11(15)9-12/h4,6-7,9-10,16H,2-3,5,8H2,1H3,(H,17,18). The summed E-state index contributed by atoms with van der Waals surface area (Å²) in [4.78, 5) is 11.4. The number of carboxylic acid groups (broad SMARTS) is 1. The number of rotatable bonds is 4. The fraction of sp³-hybridized carbons (Fsp3) is 0.500. The second-order valence-electron chi connectivity index (χ2n) is 5.49. The zero-order valence-electron chi connectivity index (χ0n) is 11.7. The van der Waals surface area contributed by atoms with Gasteiger partial charge in [0.1, 0.15) is 11.4 Å². The molecule has 0 aliphatic heterocycles. The number of sulfonamides is 1. The lowest BCUT2D eigenvalue weighted by molar-refractivity contribution is -0.147. The summed E-state index contributed by atoms with van der Waals surface area (Å²) >= 11 is 0. The highest BCUT2D eigenvalue weighted by atomic mass is 32.2. The molecule has 0 aromatic heterocycles. The quantitative estimate of drug-likeness (QED) is 0.891. The van der Waals surface area contributed by atoms with Gasteiger partial charge in [0, 0.05) is 0 Å². The van der Waals surface area contributed by atoms with Crippen molar-refractivity contribution in [3.05, 3.63) is 30.1 Å². The van der Waals surface area contributed by atoms with Gasteiger partial charge in [-0.15, -0.1) is 0 Å². The van der Waals surface area contributed by atoms with E-state index in [9.17, 15) is 22.7 Å². The number of carbonyl (C=O) groups is 1. The first kappa shape index (κ1) is 15.9. The van der Waals surface area contributed by atoms with Crippen LogP contribution in [-0.4, -0.2) is 25.0 Å². The van der Waals surface area contributed by atoms with Crippen LogP contribution < -0.4 is 4.72 Å². The Balaban J connectivity index is 2.39. The van der Waals surface area contributed by atoms with Crippen molar-refractivity contribution in [3.8, 4) is 0 Å². The molecule has 21 heavy (non-hydrogen) atoms. The number of carboxylic acids is 1. The Labute approximate surface area is 123 Å². The van der Waals surface area contributed by atoms with Gasteiger partial charge in [-0.05, 0) is 37.0 Å². The highest BCUT2D eigenvalue weighted by Gasteiger charge is 2.48. The van der Waals surface area contributed by atoms with E-state index in [0.717, 1.165) is 18.6 Å². The molecule has 2 N–H and O–H groups in total. The van der Waals surface area contributed by atoms with Gasteiger partial charge in [0.15, 0.2) is 0 Å². The largest absolute Gasteiger partial charge is 0.480 e. The summed E-state index contributed by atoms with van der Waals surface area (Å²) in [5.41, 5.74) is -1.52. The van der Waals surface area contributed by atoms with Crippen molar-refractivity contribution in [2.24, 2.45) is 5.92 Å². The second-order valence-corrected chi connectivity index (χ2v) is 7.17. The fourth-order valence-electron chi connectivity index (χ4n) is 2.79. The van der Waals surface area contributed by atoms with Crippen molar-refractivity contribution in [1.82, 2.24) is 4.72 Å². The summed E-state index contributed by atoms with van der Waals surface area (Å²) in [6.45, 7) is 1.72. The molecule has 0 bridgehead atoms. The van der Waals surface area contributed by atoms with Gasteiger partial charge in [0.2, 0.25) is 10.0 Å². The third kappa shape index (κ3) is 3.08. The maximum atomic E-state index is 13.2. The molecular formula is C14H18FNO4S. The van der Waals surface area contributed by atoms with E-state index in [-0.39, 0.29) is 17.2 Å². The Kier molecular flexibility index (Phi) is 4.34. The van der Waals surface area contributed by atoms with Gasteiger partial charge in [0.05, 0.1) is 4.90 Å². The predicted molar refractivity (Wildman–Crippen MR) is 74.7 cm³/mol. The molecule has 1 fully saturated rings. The number of hydrogen-bond donors (Lipinski definition) is 2. The third-order valence-corrected chi connectivity index (χ3v) is 5.61. The van der Waals surface area contributed by atoms with Crippen LogP contribution in [0, 0.1) is 11.7 Å². The van der Waals surface area contributed by atoms with E-state index in [0.29, 0.717) is 12.8 Å². The lowest BCUT2D eigenvalue weighted by Crippen LogP contribution is -2.59. The van der Waals surface area contributed by atoms with E-state index in [1.165, 1.54) is 12.1 Å². The molecule has 1 aliphatic rings. The zero-order chi connectivity index (χ0) is 15.7.